The third-order valence-corrected chi connectivity index (χ3v) is 2.86. The topological polar surface area (TPSA) is 92.4 Å². The fraction of sp³-hybridized carbons (Fsp3) is 0.800. The average molecular weight is 214 g/mol. The highest BCUT2D eigenvalue weighted by molar-refractivity contribution is 5.88. The molecule has 1 amide bonds. The molecule has 1 aliphatic carbocycles. The number of carboxylic acid groups (broad SMARTS) is 1. The van der Waals surface area contributed by atoms with E-state index in [2.05, 4.69) is 5.32 Å². The number of nitrogens with one attached hydrogen (secondary N) is 1. The first-order valence-corrected chi connectivity index (χ1v) is 5.15. The van der Waals surface area contributed by atoms with Crippen LogP contribution in [0.2, 0.25) is 0 Å². The zero-order valence-corrected chi connectivity index (χ0v) is 9.12. The lowest BCUT2D eigenvalue weighted by Crippen LogP contribution is -2.65. The van der Waals surface area contributed by atoms with Crippen molar-refractivity contribution < 1.29 is 14.7 Å². The van der Waals surface area contributed by atoms with Crippen molar-refractivity contribution in [3.63, 3.8) is 0 Å². The second-order valence-electron chi connectivity index (χ2n) is 4.66. The molecule has 0 aromatic carbocycles. The van der Waals surface area contributed by atoms with Crippen LogP contribution in [0.1, 0.15) is 26.7 Å². The van der Waals surface area contributed by atoms with Crippen molar-refractivity contribution in [3.8, 4) is 0 Å². The molecule has 0 aromatic rings. The summed E-state index contributed by atoms with van der Waals surface area (Å²) in [5, 5.41) is 11.8. The smallest absolute Gasteiger partial charge is 0.306 e. The van der Waals surface area contributed by atoms with Crippen LogP contribution in [0.5, 0.6) is 0 Å². The first-order valence-electron chi connectivity index (χ1n) is 5.15. The van der Waals surface area contributed by atoms with Crippen LogP contribution in [0.4, 0.5) is 0 Å². The van der Waals surface area contributed by atoms with Gasteiger partial charge in [-0.15, -0.1) is 0 Å². The molecule has 5 heteroatoms. The van der Waals surface area contributed by atoms with Crippen LogP contribution in [-0.4, -0.2) is 29.1 Å². The zero-order chi connectivity index (χ0) is 11.6. The number of carbonyl (C=O) groups is 2. The van der Waals surface area contributed by atoms with E-state index >= 15 is 0 Å². The van der Waals surface area contributed by atoms with Crippen LogP contribution >= 0.6 is 0 Å². The largest absolute Gasteiger partial charge is 0.481 e. The van der Waals surface area contributed by atoms with E-state index in [4.69, 9.17) is 10.8 Å². The molecule has 0 aromatic heterocycles. The number of carboxylic acids is 1. The van der Waals surface area contributed by atoms with Crippen molar-refractivity contribution in [2.24, 2.45) is 17.6 Å². The maximum Gasteiger partial charge on any atom is 0.306 e. The molecule has 0 spiro atoms. The minimum absolute atomic E-state index is 0.310. The monoisotopic (exact) mass is 214 g/mol. The molecule has 4 N–H and O–H groups in total. The van der Waals surface area contributed by atoms with E-state index in [1.807, 2.05) is 13.8 Å². The SMILES string of the molecule is CC(C)CNC1(C(N)=O)CC(C(=O)O)C1. The molecule has 5 nitrogen and oxygen atoms in total. The molecule has 0 radical (unpaired) electrons. The second-order valence-corrected chi connectivity index (χ2v) is 4.66. The van der Waals surface area contributed by atoms with Gasteiger partial charge in [-0.05, 0) is 25.3 Å². The van der Waals surface area contributed by atoms with E-state index in [0.29, 0.717) is 25.3 Å². The van der Waals surface area contributed by atoms with Crippen molar-refractivity contribution in [1.82, 2.24) is 5.32 Å². The standard InChI is InChI=1S/C10H18N2O3/c1-6(2)5-12-10(9(11)15)3-7(4-10)8(13)14/h6-7,12H,3-5H2,1-2H3,(H2,11,15)(H,13,14). The molecule has 1 rings (SSSR count). The van der Waals surface area contributed by atoms with Gasteiger partial charge < -0.3 is 16.2 Å². The molecular weight excluding hydrogens is 196 g/mol. The molecule has 0 aliphatic heterocycles. The number of nitrogens with two attached hydrogens (primary N) is 1. The third kappa shape index (κ3) is 2.47. The summed E-state index contributed by atoms with van der Waals surface area (Å²) in [6.45, 7) is 4.72. The number of rotatable bonds is 5. The lowest BCUT2D eigenvalue weighted by Gasteiger charge is -2.44. The first-order chi connectivity index (χ1) is 6.87. The fourth-order valence-corrected chi connectivity index (χ4v) is 1.79. The van der Waals surface area contributed by atoms with Gasteiger partial charge in [-0.3, -0.25) is 9.59 Å². The molecule has 0 heterocycles. The van der Waals surface area contributed by atoms with Crippen molar-refractivity contribution in [2.45, 2.75) is 32.2 Å². The van der Waals surface area contributed by atoms with Crippen molar-refractivity contribution in [2.75, 3.05) is 6.54 Å². The summed E-state index contributed by atoms with van der Waals surface area (Å²) >= 11 is 0. The maximum atomic E-state index is 11.3. The lowest BCUT2D eigenvalue weighted by molar-refractivity contribution is -0.150. The Morgan fingerprint density at radius 2 is 2.07 bits per heavy atom. The molecule has 0 bridgehead atoms. The zero-order valence-electron chi connectivity index (χ0n) is 9.12. The summed E-state index contributed by atoms with van der Waals surface area (Å²) < 4.78 is 0. The Morgan fingerprint density at radius 1 is 1.53 bits per heavy atom. The Labute approximate surface area is 89.0 Å². The van der Waals surface area contributed by atoms with Gasteiger partial charge >= 0.3 is 5.97 Å². The number of amides is 1. The highest BCUT2D eigenvalue weighted by Gasteiger charge is 2.51. The van der Waals surface area contributed by atoms with Crippen LogP contribution in [0.3, 0.4) is 0 Å². The quantitative estimate of drug-likeness (QED) is 0.598. The molecule has 0 unspecified atom stereocenters. The number of hydrogen-bond donors (Lipinski definition) is 3. The molecule has 1 aliphatic rings. The van der Waals surface area contributed by atoms with Crippen molar-refractivity contribution in [3.05, 3.63) is 0 Å². The Balaban J connectivity index is 2.54. The Kier molecular flexibility index (Phi) is 3.34. The van der Waals surface area contributed by atoms with Gasteiger partial charge in [0.05, 0.1) is 11.5 Å². The third-order valence-electron chi connectivity index (χ3n) is 2.86. The van der Waals surface area contributed by atoms with E-state index in [9.17, 15) is 9.59 Å². The van der Waals surface area contributed by atoms with Gasteiger partial charge in [0.2, 0.25) is 5.91 Å². The van der Waals surface area contributed by atoms with Crippen LogP contribution in [-0.2, 0) is 9.59 Å². The highest BCUT2D eigenvalue weighted by Crippen LogP contribution is 2.37. The number of carbonyl (C=O) groups excluding carboxylic acids is 1. The van der Waals surface area contributed by atoms with Crippen molar-refractivity contribution >= 4 is 11.9 Å². The van der Waals surface area contributed by atoms with E-state index in [1.165, 1.54) is 0 Å². The summed E-state index contributed by atoms with van der Waals surface area (Å²) in [6.07, 6.45) is 0.620. The number of primary amides is 1. The molecule has 15 heavy (non-hydrogen) atoms. The van der Waals surface area contributed by atoms with Crippen LogP contribution in [0.25, 0.3) is 0 Å². The Bertz CT molecular complexity index is 270. The summed E-state index contributed by atoms with van der Waals surface area (Å²) in [4.78, 5) is 21.9. The summed E-state index contributed by atoms with van der Waals surface area (Å²) in [5.74, 6) is -1.32. The van der Waals surface area contributed by atoms with Gasteiger partial charge in [-0.25, -0.2) is 0 Å². The predicted octanol–water partition coefficient (Wildman–Crippen LogP) is -0.0493. The average Bonchev–Trinajstić information content (AvgIpc) is 1.99. The summed E-state index contributed by atoms with van der Waals surface area (Å²) in [6, 6.07) is 0. The lowest BCUT2D eigenvalue weighted by atomic mass is 9.67. The minimum atomic E-state index is -0.849. The Morgan fingerprint density at radius 3 is 2.40 bits per heavy atom. The predicted molar refractivity (Wildman–Crippen MR) is 55.1 cm³/mol. The number of hydrogen-bond acceptors (Lipinski definition) is 3. The van der Waals surface area contributed by atoms with Gasteiger partial charge in [-0.1, -0.05) is 13.8 Å². The van der Waals surface area contributed by atoms with Crippen molar-refractivity contribution in [1.29, 1.82) is 0 Å². The fourth-order valence-electron chi connectivity index (χ4n) is 1.79. The Hall–Kier alpha value is -1.10. The molecule has 86 valence electrons. The summed E-state index contributed by atoms with van der Waals surface area (Å²) in [5.41, 5.74) is 4.50. The van der Waals surface area contributed by atoms with Gasteiger partial charge in [0.25, 0.3) is 0 Å². The van der Waals surface area contributed by atoms with Gasteiger partial charge in [0.1, 0.15) is 0 Å². The molecule has 1 fully saturated rings. The molecule has 0 saturated heterocycles. The molecule has 0 atom stereocenters. The van der Waals surface area contributed by atoms with Crippen LogP contribution in [0, 0.1) is 11.8 Å². The van der Waals surface area contributed by atoms with E-state index in [1.54, 1.807) is 0 Å². The van der Waals surface area contributed by atoms with Gasteiger partial charge in [0, 0.05) is 0 Å². The molecule has 1 saturated carbocycles. The van der Waals surface area contributed by atoms with E-state index in [0.717, 1.165) is 0 Å². The molecular formula is C10H18N2O3. The van der Waals surface area contributed by atoms with Crippen LogP contribution < -0.4 is 11.1 Å². The minimum Gasteiger partial charge on any atom is -0.481 e. The first kappa shape index (κ1) is 12.0. The number of aliphatic carboxylic acids is 1. The second kappa shape index (κ2) is 4.18. The van der Waals surface area contributed by atoms with Gasteiger partial charge in [-0.2, -0.15) is 0 Å². The summed E-state index contributed by atoms with van der Waals surface area (Å²) in [7, 11) is 0. The van der Waals surface area contributed by atoms with Gasteiger partial charge in [0.15, 0.2) is 0 Å². The van der Waals surface area contributed by atoms with E-state index in [-0.39, 0.29) is 0 Å². The van der Waals surface area contributed by atoms with E-state index < -0.39 is 23.3 Å². The normalized spacial score (nSPS) is 29.9. The highest BCUT2D eigenvalue weighted by atomic mass is 16.4. The maximum absolute atomic E-state index is 11.3. The van der Waals surface area contributed by atoms with Crippen LogP contribution in [0.15, 0.2) is 0 Å².